The van der Waals surface area contributed by atoms with Gasteiger partial charge in [-0.05, 0) is 42.9 Å². The molecule has 1 aliphatic carbocycles. The van der Waals surface area contributed by atoms with Crippen molar-refractivity contribution in [2.75, 3.05) is 17.3 Å². The highest BCUT2D eigenvalue weighted by atomic mass is 32.2. The van der Waals surface area contributed by atoms with Crippen LogP contribution in [0.15, 0.2) is 18.2 Å². The van der Waals surface area contributed by atoms with Crippen LogP contribution in [0.2, 0.25) is 0 Å². The van der Waals surface area contributed by atoms with E-state index in [0.29, 0.717) is 23.4 Å². The second-order valence-electron chi connectivity index (χ2n) is 4.70. The van der Waals surface area contributed by atoms with E-state index >= 15 is 0 Å². The van der Waals surface area contributed by atoms with Gasteiger partial charge in [0, 0.05) is 22.7 Å². The Kier molecular flexibility index (Phi) is 4.38. The van der Waals surface area contributed by atoms with Gasteiger partial charge in [-0.15, -0.1) is 0 Å². The van der Waals surface area contributed by atoms with Gasteiger partial charge in [0.1, 0.15) is 0 Å². The first-order chi connectivity index (χ1) is 8.74. The van der Waals surface area contributed by atoms with Gasteiger partial charge in [-0.2, -0.15) is 17.0 Å². The zero-order valence-corrected chi connectivity index (χ0v) is 11.5. The smallest absolute Gasteiger partial charge is 0.0670 e. The summed E-state index contributed by atoms with van der Waals surface area (Å²) in [5.41, 5.74) is 8.56. The molecule has 0 saturated heterocycles. The molecule has 0 heterocycles. The van der Waals surface area contributed by atoms with Crippen LogP contribution in [0.1, 0.15) is 24.8 Å². The highest BCUT2D eigenvalue weighted by molar-refractivity contribution is 7.99. The van der Waals surface area contributed by atoms with Crippen molar-refractivity contribution in [1.82, 2.24) is 0 Å². The minimum absolute atomic E-state index is 0.373. The average molecular weight is 261 g/mol. The molecule has 2 rings (SSSR count). The normalized spacial score (nSPS) is 22.7. The molecule has 0 aliphatic heterocycles. The number of nitrogens with one attached hydrogen (secondary N) is 1. The fourth-order valence-corrected chi connectivity index (χ4v) is 3.46. The van der Waals surface area contributed by atoms with Crippen LogP contribution < -0.4 is 11.1 Å². The Bertz CT molecular complexity index is 453. The van der Waals surface area contributed by atoms with E-state index in [1.807, 2.05) is 30.0 Å². The van der Waals surface area contributed by atoms with Gasteiger partial charge >= 0.3 is 0 Å². The highest BCUT2D eigenvalue weighted by Crippen LogP contribution is 2.31. The fraction of sp³-hybridized carbons (Fsp3) is 0.500. The predicted molar refractivity (Wildman–Crippen MR) is 78.7 cm³/mol. The highest BCUT2D eigenvalue weighted by Gasteiger charge is 2.26. The molecule has 4 heteroatoms. The maximum Gasteiger partial charge on any atom is 0.0670 e. The number of anilines is 2. The molecule has 0 spiro atoms. The topological polar surface area (TPSA) is 61.8 Å². The Labute approximate surface area is 113 Å². The number of nitrogen functional groups attached to an aromatic ring is 1. The number of nitriles is 1. The van der Waals surface area contributed by atoms with Crippen molar-refractivity contribution in [2.24, 2.45) is 0 Å². The van der Waals surface area contributed by atoms with Gasteiger partial charge in [0.15, 0.2) is 0 Å². The fourth-order valence-electron chi connectivity index (χ4n) is 2.52. The van der Waals surface area contributed by atoms with Crippen LogP contribution in [0.4, 0.5) is 11.4 Å². The minimum Gasteiger partial charge on any atom is -0.398 e. The van der Waals surface area contributed by atoms with Crippen molar-refractivity contribution >= 4 is 23.1 Å². The molecule has 2 unspecified atom stereocenters. The summed E-state index contributed by atoms with van der Waals surface area (Å²) in [6.45, 7) is 0. The minimum atomic E-state index is 0.373. The molecular formula is C14H19N3S. The van der Waals surface area contributed by atoms with Crippen LogP contribution in [0.3, 0.4) is 0 Å². The number of benzene rings is 1. The standard InChI is InChI=1S/C14H19N3S/c1-18-14-4-2-3-13(14)17-11-5-6-12(16)10(9-11)7-8-15/h5-6,9,13-14,17H,2-4,7,16H2,1H3. The lowest BCUT2D eigenvalue weighted by Crippen LogP contribution is -2.25. The molecule has 0 bridgehead atoms. The molecule has 2 atom stereocenters. The van der Waals surface area contributed by atoms with E-state index in [0.717, 1.165) is 11.3 Å². The Balaban J connectivity index is 2.09. The van der Waals surface area contributed by atoms with Gasteiger partial charge < -0.3 is 11.1 Å². The van der Waals surface area contributed by atoms with E-state index in [-0.39, 0.29) is 0 Å². The molecule has 96 valence electrons. The lowest BCUT2D eigenvalue weighted by atomic mass is 10.1. The van der Waals surface area contributed by atoms with Crippen LogP contribution >= 0.6 is 11.8 Å². The first-order valence-electron chi connectivity index (χ1n) is 6.29. The van der Waals surface area contributed by atoms with Crippen molar-refractivity contribution < 1.29 is 0 Å². The molecule has 3 nitrogen and oxygen atoms in total. The largest absolute Gasteiger partial charge is 0.398 e. The molecule has 18 heavy (non-hydrogen) atoms. The quantitative estimate of drug-likeness (QED) is 0.818. The van der Waals surface area contributed by atoms with E-state index in [1.165, 1.54) is 19.3 Å². The molecule has 1 fully saturated rings. The van der Waals surface area contributed by atoms with E-state index in [4.69, 9.17) is 11.0 Å². The summed E-state index contributed by atoms with van der Waals surface area (Å²) < 4.78 is 0. The van der Waals surface area contributed by atoms with Gasteiger partial charge in [-0.1, -0.05) is 6.42 Å². The van der Waals surface area contributed by atoms with Crippen molar-refractivity contribution in [3.05, 3.63) is 23.8 Å². The number of thioether (sulfide) groups is 1. The van der Waals surface area contributed by atoms with E-state index < -0.39 is 0 Å². The monoisotopic (exact) mass is 261 g/mol. The lowest BCUT2D eigenvalue weighted by Gasteiger charge is -2.21. The third kappa shape index (κ3) is 2.91. The van der Waals surface area contributed by atoms with Crippen molar-refractivity contribution in [3.8, 4) is 6.07 Å². The van der Waals surface area contributed by atoms with E-state index in [1.54, 1.807) is 0 Å². The summed E-state index contributed by atoms with van der Waals surface area (Å²) in [7, 11) is 0. The first kappa shape index (κ1) is 13.1. The zero-order valence-electron chi connectivity index (χ0n) is 10.6. The van der Waals surface area contributed by atoms with Gasteiger partial charge in [0.2, 0.25) is 0 Å². The third-order valence-electron chi connectivity index (χ3n) is 3.52. The molecule has 0 radical (unpaired) electrons. The van der Waals surface area contributed by atoms with Gasteiger partial charge in [0.25, 0.3) is 0 Å². The number of nitrogens with zero attached hydrogens (tertiary/aromatic N) is 1. The summed E-state index contributed by atoms with van der Waals surface area (Å²) in [6.07, 6.45) is 6.36. The Morgan fingerprint density at radius 1 is 1.50 bits per heavy atom. The van der Waals surface area contributed by atoms with Gasteiger partial charge in [0.05, 0.1) is 12.5 Å². The molecule has 3 N–H and O–H groups in total. The van der Waals surface area contributed by atoms with Crippen molar-refractivity contribution in [2.45, 2.75) is 37.0 Å². The maximum atomic E-state index is 8.77. The van der Waals surface area contributed by atoms with Crippen molar-refractivity contribution in [3.63, 3.8) is 0 Å². The van der Waals surface area contributed by atoms with Crippen LogP contribution in [-0.2, 0) is 6.42 Å². The van der Waals surface area contributed by atoms with Crippen LogP contribution in [0, 0.1) is 11.3 Å². The van der Waals surface area contributed by atoms with Crippen molar-refractivity contribution in [1.29, 1.82) is 5.26 Å². The average Bonchev–Trinajstić information content (AvgIpc) is 2.81. The lowest BCUT2D eigenvalue weighted by molar-refractivity contribution is 0.768. The predicted octanol–water partition coefficient (Wildman–Crippen LogP) is 3.03. The van der Waals surface area contributed by atoms with Crippen LogP contribution in [0.25, 0.3) is 0 Å². The molecule has 1 aliphatic rings. The van der Waals surface area contributed by atoms with Crippen LogP contribution in [0.5, 0.6) is 0 Å². The van der Waals surface area contributed by atoms with E-state index in [2.05, 4.69) is 17.6 Å². The summed E-state index contributed by atoms with van der Waals surface area (Å²) in [4.78, 5) is 0. The van der Waals surface area contributed by atoms with Gasteiger partial charge in [-0.3, -0.25) is 0 Å². The number of nitrogens with two attached hydrogens (primary N) is 1. The number of rotatable bonds is 4. The Hall–Kier alpha value is -1.34. The zero-order chi connectivity index (χ0) is 13.0. The maximum absolute atomic E-state index is 8.77. The molecule has 1 aromatic rings. The second-order valence-corrected chi connectivity index (χ2v) is 5.78. The molecule has 0 aromatic heterocycles. The molecule has 0 amide bonds. The molecule has 1 aromatic carbocycles. The van der Waals surface area contributed by atoms with E-state index in [9.17, 15) is 0 Å². The number of hydrogen-bond acceptors (Lipinski definition) is 4. The summed E-state index contributed by atoms with van der Waals surface area (Å²) in [6, 6.07) is 8.60. The molecular weight excluding hydrogens is 242 g/mol. The summed E-state index contributed by atoms with van der Waals surface area (Å²) in [5.74, 6) is 0. The van der Waals surface area contributed by atoms with Gasteiger partial charge in [-0.25, -0.2) is 0 Å². The molecule has 1 saturated carbocycles. The second kappa shape index (κ2) is 6.01. The summed E-state index contributed by atoms with van der Waals surface area (Å²) >= 11 is 1.94. The third-order valence-corrected chi connectivity index (χ3v) is 4.69. The Morgan fingerprint density at radius 2 is 2.33 bits per heavy atom. The van der Waals surface area contributed by atoms with Crippen LogP contribution in [-0.4, -0.2) is 17.5 Å². The first-order valence-corrected chi connectivity index (χ1v) is 7.58. The SMILES string of the molecule is CSC1CCCC1Nc1ccc(N)c(CC#N)c1. The summed E-state index contributed by atoms with van der Waals surface area (Å²) in [5, 5.41) is 13.0. The Morgan fingerprint density at radius 3 is 3.06 bits per heavy atom. The number of hydrogen-bond donors (Lipinski definition) is 2.